The van der Waals surface area contributed by atoms with Crippen LogP contribution in [0.4, 0.5) is 0 Å². The molecule has 1 aromatic rings. The maximum Gasteiger partial charge on any atom is 0.308 e. The van der Waals surface area contributed by atoms with Crippen LogP contribution in [0.3, 0.4) is 0 Å². The van der Waals surface area contributed by atoms with Gasteiger partial charge >= 0.3 is 5.97 Å². The summed E-state index contributed by atoms with van der Waals surface area (Å²) >= 11 is 0. The second-order valence-electron chi connectivity index (χ2n) is 5.45. The fourth-order valence-corrected chi connectivity index (χ4v) is 2.68. The predicted molar refractivity (Wildman–Crippen MR) is 72.1 cm³/mol. The van der Waals surface area contributed by atoms with Crippen LogP contribution in [0.2, 0.25) is 0 Å². The van der Waals surface area contributed by atoms with Gasteiger partial charge in [0.25, 0.3) is 5.91 Å². The number of rotatable bonds is 2. The number of likely N-dealkylation sites (tertiary alicyclic amines) is 1. The van der Waals surface area contributed by atoms with E-state index < -0.39 is 11.9 Å². The largest absolute Gasteiger partial charge is 0.481 e. The van der Waals surface area contributed by atoms with Gasteiger partial charge in [-0.25, -0.2) is 0 Å². The molecule has 102 valence electrons. The maximum atomic E-state index is 12.4. The number of nitrogens with zero attached hydrogens (tertiary/aromatic N) is 1. The third-order valence-electron chi connectivity index (χ3n) is 3.83. The van der Waals surface area contributed by atoms with Gasteiger partial charge in [-0.1, -0.05) is 24.6 Å². The summed E-state index contributed by atoms with van der Waals surface area (Å²) in [6.07, 6.45) is 0. The molecule has 0 unspecified atom stereocenters. The zero-order valence-corrected chi connectivity index (χ0v) is 11.5. The predicted octanol–water partition coefficient (Wildman–Crippen LogP) is 2.10. The third-order valence-corrected chi connectivity index (χ3v) is 3.83. The van der Waals surface area contributed by atoms with Crippen molar-refractivity contribution < 1.29 is 14.7 Å². The second kappa shape index (κ2) is 5.03. The average Bonchev–Trinajstić information content (AvgIpc) is 2.70. The SMILES string of the molecule is Cc1ccc(C(=O)N2C[C@@H](C)[C@H](C(=O)O)C2)c(C)c1. The lowest BCUT2D eigenvalue weighted by molar-refractivity contribution is -0.142. The van der Waals surface area contributed by atoms with Crippen LogP contribution in [0.15, 0.2) is 18.2 Å². The highest BCUT2D eigenvalue weighted by molar-refractivity contribution is 5.96. The van der Waals surface area contributed by atoms with Crippen molar-refractivity contribution in [3.8, 4) is 0 Å². The molecule has 1 aliphatic rings. The first-order valence-electron chi connectivity index (χ1n) is 6.49. The summed E-state index contributed by atoms with van der Waals surface area (Å²) < 4.78 is 0. The summed E-state index contributed by atoms with van der Waals surface area (Å²) in [5.74, 6) is -1.32. The summed E-state index contributed by atoms with van der Waals surface area (Å²) in [6, 6.07) is 5.71. The highest BCUT2D eigenvalue weighted by Crippen LogP contribution is 2.25. The normalized spacial score (nSPS) is 22.6. The minimum Gasteiger partial charge on any atom is -0.481 e. The smallest absolute Gasteiger partial charge is 0.308 e. The standard InChI is InChI=1S/C15H19NO3/c1-9-4-5-12(10(2)6-9)14(17)16-7-11(3)13(8-16)15(18)19/h4-6,11,13H,7-8H2,1-3H3,(H,18,19)/t11-,13-/m1/s1. The number of amides is 1. The Morgan fingerprint density at radius 1 is 1.26 bits per heavy atom. The first-order valence-corrected chi connectivity index (χ1v) is 6.49. The van der Waals surface area contributed by atoms with Crippen molar-refractivity contribution in [1.82, 2.24) is 4.90 Å². The average molecular weight is 261 g/mol. The zero-order valence-electron chi connectivity index (χ0n) is 11.5. The number of carboxylic acids is 1. The number of carboxylic acid groups (broad SMARTS) is 1. The number of hydrogen-bond donors (Lipinski definition) is 1. The molecule has 0 radical (unpaired) electrons. The fourth-order valence-electron chi connectivity index (χ4n) is 2.68. The van der Waals surface area contributed by atoms with Gasteiger partial charge in [0.05, 0.1) is 5.92 Å². The van der Waals surface area contributed by atoms with Gasteiger partial charge in [0.2, 0.25) is 0 Å². The first-order chi connectivity index (χ1) is 8.90. The number of benzene rings is 1. The summed E-state index contributed by atoms with van der Waals surface area (Å²) in [6.45, 7) is 6.61. The van der Waals surface area contributed by atoms with E-state index in [1.807, 2.05) is 39.0 Å². The minimum absolute atomic E-state index is 0.00667. The topological polar surface area (TPSA) is 57.6 Å². The van der Waals surface area contributed by atoms with Gasteiger partial charge in [0.15, 0.2) is 0 Å². The summed E-state index contributed by atoms with van der Waals surface area (Å²) in [7, 11) is 0. The van der Waals surface area contributed by atoms with Gasteiger partial charge in [-0.15, -0.1) is 0 Å². The molecule has 19 heavy (non-hydrogen) atoms. The quantitative estimate of drug-likeness (QED) is 0.887. The molecule has 4 nitrogen and oxygen atoms in total. The van der Waals surface area contributed by atoms with Crippen molar-refractivity contribution in [2.75, 3.05) is 13.1 Å². The van der Waals surface area contributed by atoms with Crippen LogP contribution < -0.4 is 0 Å². The van der Waals surface area contributed by atoms with Crippen molar-refractivity contribution in [2.24, 2.45) is 11.8 Å². The van der Waals surface area contributed by atoms with Gasteiger partial charge in [-0.05, 0) is 31.4 Å². The lowest BCUT2D eigenvalue weighted by atomic mass is 9.99. The first kappa shape index (κ1) is 13.6. The Balaban J connectivity index is 2.19. The number of carbonyl (C=O) groups is 2. The van der Waals surface area contributed by atoms with E-state index in [0.717, 1.165) is 11.1 Å². The van der Waals surface area contributed by atoms with Crippen LogP contribution in [0.1, 0.15) is 28.4 Å². The molecule has 2 atom stereocenters. The van der Waals surface area contributed by atoms with Crippen LogP contribution in [0, 0.1) is 25.7 Å². The highest BCUT2D eigenvalue weighted by Gasteiger charge is 2.37. The number of aryl methyl sites for hydroxylation is 2. The molecule has 1 amide bonds. The molecule has 1 heterocycles. The van der Waals surface area contributed by atoms with Crippen molar-refractivity contribution in [3.05, 3.63) is 34.9 Å². The highest BCUT2D eigenvalue weighted by atomic mass is 16.4. The van der Waals surface area contributed by atoms with Gasteiger partial charge < -0.3 is 10.0 Å². The lowest BCUT2D eigenvalue weighted by Gasteiger charge is -2.17. The van der Waals surface area contributed by atoms with E-state index in [0.29, 0.717) is 18.7 Å². The number of hydrogen-bond acceptors (Lipinski definition) is 2. The van der Waals surface area contributed by atoms with E-state index in [9.17, 15) is 9.59 Å². The molecule has 4 heteroatoms. The van der Waals surface area contributed by atoms with Crippen LogP contribution in [0.25, 0.3) is 0 Å². The monoisotopic (exact) mass is 261 g/mol. The molecular weight excluding hydrogens is 242 g/mol. The third kappa shape index (κ3) is 2.62. The Labute approximate surface area is 113 Å². The Kier molecular flexibility index (Phi) is 3.60. The van der Waals surface area contributed by atoms with Gasteiger partial charge in [-0.2, -0.15) is 0 Å². The van der Waals surface area contributed by atoms with Gasteiger partial charge in [-0.3, -0.25) is 9.59 Å². The fraction of sp³-hybridized carbons (Fsp3) is 0.467. The van der Waals surface area contributed by atoms with E-state index in [-0.39, 0.29) is 11.8 Å². The number of aliphatic carboxylic acids is 1. The molecule has 0 spiro atoms. The molecule has 0 bridgehead atoms. The Bertz CT molecular complexity index is 524. The Morgan fingerprint density at radius 3 is 2.47 bits per heavy atom. The van der Waals surface area contributed by atoms with E-state index in [2.05, 4.69) is 0 Å². The summed E-state index contributed by atoms with van der Waals surface area (Å²) in [4.78, 5) is 25.2. The molecule has 1 N–H and O–H groups in total. The molecule has 0 aromatic heterocycles. The lowest BCUT2D eigenvalue weighted by Crippen LogP contribution is -2.30. The summed E-state index contributed by atoms with van der Waals surface area (Å²) in [5.41, 5.74) is 2.73. The van der Waals surface area contributed by atoms with Crippen molar-refractivity contribution in [1.29, 1.82) is 0 Å². The molecular formula is C15H19NO3. The van der Waals surface area contributed by atoms with E-state index in [1.54, 1.807) is 4.90 Å². The van der Waals surface area contributed by atoms with Crippen molar-refractivity contribution in [3.63, 3.8) is 0 Å². The van der Waals surface area contributed by atoms with Crippen molar-refractivity contribution in [2.45, 2.75) is 20.8 Å². The molecule has 1 fully saturated rings. The molecule has 1 saturated heterocycles. The zero-order chi connectivity index (χ0) is 14.2. The minimum atomic E-state index is -0.816. The van der Waals surface area contributed by atoms with E-state index in [1.165, 1.54) is 0 Å². The summed E-state index contributed by atoms with van der Waals surface area (Å²) in [5, 5.41) is 9.11. The van der Waals surface area contributed by atoms with Crippen LogP contribution >= 0.6 is 0 Å². The Morgan fingerprint density at radius 2 is 1.95 bits per heavy atom. The Hall–Kier alpha value is -1.84. The van der Waals surface area contributed by atoms with E-state index in [4.69, 9.17) is 5.11 Å². The maximum absolute atomic E-state index is 12.4. The molecule has 0 saturated carbocycles. The van der Waals surface area contributed by atoms with Crippen LogP contribution in [-0.4, -0.2) is 35.0 Å². The van der Waals surface area contributed by atoms with Crippen LogP contribution in [0.5, 0.6) is 0 Å². The van der Waals surface area contributed by atoms with Gasteiger partial charge in [0.1, 0.15) is 0 Å². The molecule has 2 rings (SSSR count). The molecule has 0 aliphatic carbocycles. The van der Waals surface area contributed by atoms with Crippen LogP contribution in [-0.2, 0) is 4.79 Å². The molecule has 1 aromatic carbocycles. The number of carbonyl (C=O) groups excluding carboxylic acids is 1. The van der Waals surface area contributed by atoms with E-state index >= 15 is 0 Å². The van der Waals surface area contributed by atoms with Gasteiger partial charge in [0, 0.05) is 18.7 Å². The van der Waals surface area contributed by atoms with Crippen molar-refractivity contribution >= 4 is 11.9 Å². The molecule has 1 aliphatic heterocycles. The second-order valence-corrected chi connectivity index (χ2v) is 5.45.